The molecule has 0 heterocycles. The average molecular weight is 193 g/mol. The van der Waals surface area contributed by atoms with E-state index in [0.29, 0.717) is 5.92 Å². The quantitative estimate of drug-likeness (QED) is 0.705. The van der Waals surface area contributed by atoms with E-state index in [9.17, 15) is 0 Å². The minimum absolute atomic E-state index is 0.553. The van der Waals surface area contributed by atoms with E-state index in [0.717, 1.165) is 6.42 Å². The minimum atomic E-state index is 0.553. The van der Waals surface area contributed by atoms with Crippen molar-refractivity contribution in [3.63, 3.8) is 0 Å². The van der Waals surface area contributed by atoms with Crippen molar-refractivity contribution in [3.8, 4) is 0 Å². The molecule has 0 aromatic carbocycles. The Morgan fingerprint density at radius 1 is 1.21 bits per heavy atom. The molecule has 0 aliphatic heterocycles. The third kappa shape index (κ3) is 3.82. The Labute approximate surface area is 88.6 Å². The first-order chi connectivity index (χ1) is 6.77. The molecule has 0 radical (unpaired) electrons. The molecule has 0 aromatic rings. The van der Waals surface area contributed by atoms with Crippen molar-refractivity contribution in [1.29, 1.82) is 0 Å². The van der Waals surface area contributed by atoms with E-state index >= 15 is 0 Å². The first-order valence-corrected chi connectivity index (χ1v) is 5.55. The van der Waals surface area contributed by atoms with Crippen LogP contribution >= 0.6 is 0 Å². The molecule has 0 fully saturated rings. The fourth-order valence-electron chi connectivity index (χ4n) is 1.33. The normalized spacial score (nSPS) is 19.9. The molecule has 1 aliphatic rings. The van der Waals surface area contributed by atoms with Gasteiger partial charge in [-0.25, -0.2) is 0 Å². The van der Waals surface area contributed by atoms with Crippen molar-refractivity contribution in [3.05, 3.63) is 35.6 Å². The van der Waals surface area contributed by atoms with E-state index in [1.165, 1.54) is 11.3 Å². The van der Waals surface area contributed by atoms with E-state index in [1.54, 1.807) is 0 Å². The lowest BCUT2D eigenvalue weighted by molar-refractivity contribution is 0.937. The highest BCUT2D eigenvalue weighted by Gasteiger charge is 2.01. The van der Waals surface area contributed by atoms with Gasteiger partial charge < -0.3 is 5.32 Å². The summed E-state index contributed by atoms with van der Waals surface area (Å²) in [7, 11) is 1.97. The Bertz CT molecular complexity index is 210. The zero-order valence-electron chi connectivity index (χ0n) is 10.1. The van der Waals surface area contributed by atoms with Crippen LogP contribution in [0.1, 0.15) is 34.1 Å². The lowest BCUT2D eigenvalue weighted by Gasteiger charge is -2.04. The standard InChI is InChI=1S/C11H17N.C2H6/c1-4-10-7-5-9(2)6-8-11(10)12-3;1-2/h5-9,12H,4H2,1-3H3;1-2H3. The predicted octanol–water partition coefficient (Wildman–Crippen LogP) is 3.66. The Morgan fingerprint density at radius 3 is 2.29 bits per heavy atom. The summed E-state index contributed by atoms with van der Waals surface area (Å²) in [4.78, 5) is 0. The van der Waals surface area contributed by atoms with Gasteiger partial charge in [0.25, 0.3) is 0 Å². The molecule has 0 amide bonds. The van der Waals surface area contributed by atoms with Crippen LogP contribution < -0.4 is 5.32 Å². The average Bonchev–Trinajstić information content (AvgIpc) is 2.42. The summed E-state index contributed by atoms with van der Waals surface area (Å²) in [5.41, 5.74) is 2.64. The Hall–Kier alpha value is -0.980. The summed E-state index contributed by atoms with van der Waals surface area (Å²) < 4.78 is 0. The van der Waals surface area contributed by atoms with Gasteiger partial charge in [-0.15, -0.1) is 0 Å². The van der Waals surface area contributed by atoms with Crippen LogP contribution in [0, 0.1) is 5.92 Å². The molecule has 1 N–H and O–H groups in total. The predicted molar refractivity (Wildman–Crippen MR) is 65.2 cm³/mol. The van der Waals surface area contributed by atoms with Gasteiger partial charge in [-0.05, 0) is 24.0 Å². The van der Waals surface area contributed by atoms with Crippen LogP contribution in [0.4, 0.5) is 0 Å². The molecule has 1 nitrogen and oxygen atoms in total. The van der Waals surface area contributed by atoms with Crippen molar-refractivity contribution in [2.45, 2.75) is 34.1 Å². The van der Waals surface area contributed by atoms with Crippen molar-refractivity contribution in [2.24, 2.45) is 5.92 Å². The molecule has 1 rings (SSSR count). The number of hydrogen-bond donors (Lipinski definition) is 1. The number of rotatable bonds is 2. The maximum atomic E-state index is 3.21. The molecular formula is C13H23N. The summed E-state index contributed by atoms with van der Waals surface area (Å²) in [6, 6.07) is 0. The highest BCUT2D eigenvalue weighted by molar-refractivity contribution is 5.35. The first-order valence-electron chi connectivity index (χ1n) is 5.55. The van der Waals surface area contributed by atoms with Gasteiger partial charge in [-0.2, -0.15) is 0 Å². The van der Waals surface area contributed by atoms with Gasteiger partial charge >= 0.3 is 0 Å². The lowest BCUT2D eigenvalue weighted by atomic mass is 10.1. The largest absolute Gasteiger partial charge is 0.388 e. The molecule has 14 heavy (non-hydrogen) atoms. The SMILES string of the molecule is CC.CCC1=C(NC)C=CC(C)C=C1. The van der Waals surface area contributed by atoms with Gasteiger partial charge in [0.1, 0.15) is 0 Å². The van der Waals surface area contributed by atoms with Gasteiger partial charge in [0, 0.05) is 12.7 Å². The van der Waals surface area contributed by atoms with E-state index in [4.69, 9.17) is 0 Å². The maximum absolute atomic E-state index is 3.21. The summed E-state index contributed by atoms with van der Waals surface area (Å²) in [5, 5.41) is 3.21. The summed E-state index contributed by atoms with van der Waals surface area (Å²) in [6.07, 6.45) is 9.93. The molecule has 0 saturated carbocycles. The van der Waals surface area contributed by atoms with Crippen molar-refractivity contribution in [1.82, 2.24) is 5.32 Å². The smallest absolute Gasteiger partial charge is 0.0366 e. The molecule has 1 unspecified atom stereocenters. The highest BCUT2D eigenvalue weighted by Crippen LogP contribution is 2.16. The number of hydrogen-bond acceptors (Lipinski definition) is 1. The van der Waals surface area contributed by atoms with Gasteiger partial charge in [-0.3, -0.25) is 0 Å². The number of nitrogens with one attached hydrogen (secondary N) is 1. The maximum Gasteiger partial charge on any atom is 0.0366 e. The number of likely N-dealkylation sites (N-methyl/N-ethyl adjacent to an activating group) is 1. The molecule has 1 aliphatic carbocycles. The molecule has 0 aromatic heterocycles. The highest BCUT2D eigenvalue weighted by atomic mass is 14.8. The third-order valence-electron chi connectivity index (χ3n) is 2.16. The molecule has 0 bridgehead atoms. The van der Waals surface area contributed by atoms with E-state index < -0.39 is 0 Å². The monoisotopic (exact) mass is 193 g/mol. The van der Waals surface area contributed by atoms with E-state index in [1.807, 2.05) is 20.9 Å². The van der Waals surface area contributed by atoms with Crippen LogP contribution in [0.5, 0.6) is 0 Å². The Kier molecular flexibility index (Phi) is 6.91. The van der Waals surface area contributed by atoms with Crippen LogP contribution in [-0.4, -0.2) is 7.05 Å². The molecule has 1 atom stereocenters. The summed E-state index contributed by atoms with van der Waals surface area (Å²) in [5.74, 6) is 0.553. The topological polar surface area (TPSA) is 12.0 Å². The molecule has 0 saturated heterocycles. The van der Waals surface area contributed by atoms with Crippen molar-refractivity contribution in [2.75, 3.05) is 7.05 Å². The van der Waals surface area contributed by atoms with Crippen LogP contribution in [0.3, 0.4) is 0 Å². The minimum Gasteiger partial charge on any atom is -0.388 e. The van der Waals surface area contributed by atoms with Gasteiger partial charge in [0.15, 0.2) is 0 Å². The zero-order chi connectivity index (χ0) is 11.0. The lowest BCUT2D eigenvalue weighted by Crippen LogP contribution is -2.05. The second-order valence-corrected chi connectivity index (χ2v) is 3.12. The first kappa shape index (κ1) is 13.0. The van der Waals surface area contributed by atoms with Crippen LogP contribution in [0.2, 0.25) is 0 Å². The van der Waals surface area contributed by atoms with Crippen LogP contribution in [0.25, 0.3) is 0 Å². The third-order valence-corrected chi connectivity index (χ3v) is 2.16. The zero-order valence-corrected chi connectivity index (χ0v) is 10.1. The van der Waals surface area contributed by atoms with Gasteiger partial charge in [0.05, 0.1) is 0 Å². The van der Waals surface area contributed by atoms with Gasteiger partial charge in [-0.1, -0.05) is 45.9 Å². The second kappa shape index (κ2) is 7.43. The van der Waals surface area contributed by atoms with Crippen molar-refractivity contribution >= 4 is 0 Å². The summed E-state index contributed by atoms with van der Waals surface area (Å²) in [6.45, 7) is 8.37. The van der Waals surface area contributed by atoms with E-state index in [2.05, 4.69) is 43.5 Å². The van der Waals surface area contributed by atoms with Crippen molar-refractivity contribution < 1.29 is 0 Å². The molecule has 0 spiro atoms. The fourth-order valence-corrected chi connectivity index (χ4v) is 1.33. The molecule has 1 heteroatoms. The molecule has 80 valence electrons. The van der Waals surface area contributed by atoms with Gasteiger partial charge in [0.2, 0.25) is 0 Å². The van der Waals surface area contributed by atoms with Crippen LogP contribution in [0.15, 0.2) is 35.6 Å². The Balaban J connectivity index is 0.000000791. The Morgan fingerprint density at radius 2 is 1.79 bits per heavy atom. The fraction of sp³-hybridized carbons (Fsp3) is 0.538. The second-order valence-electron chi connectivity index (χ2n) is 3.12. The molecular weight excluding hydrogens is 170 g/mol. The van der Waals surface area contributed by atoms with E-state index in [-0.39, 0.29) is 0 Å². The summed E-state index contributed by atoms with van der Waals surface area (Å²) >= 11 is 0. The van der Waals surface area contributed by atoms with Crippen LogP contribution in [-0.2, 0) is 0 Å². The number of allylic oxidation sites excluding steroid dienone is 5.